The molecule has 1 atom stereocenters. The average molecular weight is 324 g/mol. The first-order valence-corrected chi connectivity index (χ1v) is 7.29. The molecule has 1 aliphatic heterocycles. The number of halogens is 1. The van der Waals surface area contributed by atoms with Gasteiger partial charge in [0.15, 0.2) is 0 Å². The van der Waals surface area contributed by atoms with E-state index in [-0.39, 0.29) is 37.2 Å². The third-order valence-corrected chi connectivity index (χ3v) is 3.93. The van der Waals surface area contributed by atoms with Gasteiger partial charge >= 0.3 is 0 Å². The van der Waals surface area contributed by atoms with E-state index in [1.54, 1.807) is 36.2 Å². The second kappa shape index (κ2) is 6.89. The number of benzene rings is 1. The first-order valence-electron chi connectivity index (χ1n) is 6.92. The van der Waals surface area contributed by atoms with Gasteiger partial charge in [0.1, 0.15) is 0 Å². The maximum absolute atomic E-state index is 12.4. The maximum atomic E-state index is 12.4. The zero-order valence-electron chi connectivity index (χ0n) is 12.5. The van der Waals surface area contributed by atoms with Crippen LogP contribution in [0.25, 0.3) is 0 Å². The van der Waals surface area contributed by atoms with Crippen molar-refractivity contribution < 1.29 is 14.4 Å². The van der Waals surface area contributed by atoms with Crippen molar-refractivity contribution in [2.75, 3.05) is 20.6 Å². The summed E-state index contributed by atoms with van der Waals surface area (Å²) in [5.41, 5.74) is 0.834. The molecule has 0 radical (unpaired) electrons. The van der Waals surface area contributed by atoms with Crippen LogP contribution < -0.4 is 5.32 Å². The van der Waals surface area contributed by atoms with Gasteiger partial charge in [-0.05, 0) is 24.7 Å². The molecular formula is C15H18ClN3O3. The zero-order valence-corrected chi connectivity index (χ0v) is 13.3. The molecule has 0 unspecified atom stereocenters. The first-order chi connectivity index (χ1) is 10.4. The number of carbonyl (C=O) groups excluding carboxylic acids is 3. The topological polar surface area (TPSA) is 69.7 Å². The number of likely N-dealkylation sites (tertiary alicyclic amines) is 1. The molecule has 6 nitrogen and oxygen atoms in total. The predicted molar refractivity (Wildman–Crippen MR) is 82.1 cm³/mol. The molecule has 7 heteroatoms. The molecule has 0 aromatic heterocycles. The monoisotopic (exact) mass is 323 g/mol. The number of likely N-dealkylation sites (N-methyl/N-ethyl adjacent to an activating group) is 2. The van der Waals surface area contributed by atoms with Crippen molar-refractivity contribution in [3.05, 3.63) is 34.9 Å². The van der Waals surface area contributed by atoms with Crippen molar-refractivity contribution in [2.45, 2.75) is 19.0 Å². The third kappa shape index (κ3) is 3.64. The van der Waals surface area contributed by atoms with E-state index in [0.29, 0.717) is 5.02 Å². The van der Waals surface area contributed by atoms with E-state index in [4.69, 9.17) is 11.6 Å². The van der Waals surface area contributed by atoms with Crippen molar-refractivity contribution in [1.82, 2.24) is 15.1 Å². The Morgan fingerprint density at radius 1 is 1.36 bits per heavy atom. The van der Waals surface area contributed by atoms with Crippen LogP contribution in [0.15, 0.2) is 24.3 Å². The summed E-state index contributed by atoms with van der Waals surface area (Å²) in [4.78, 5) is 38.7. The predicted octanol–water partition coefficient (Wildman–Crippen LogP) is 0.645. The molecule has 118 valence electrons. The molecule has 1 saturated heterocycles. The van der Waals surface area contributed by atoms with Gasteiger partial charge in [-0.3, -0.25) is 24.2 Å². The van der Waals surface area contributed by atoms with Crippen LogP contribution in [-0.2, 0) is 20.9 Å². The summed E-state index contributed by atoms with van der Waals surface area (Å²) in [6, 6.07) is 6.42. The molecule has 0 aliphatic carbocycles. The van der Waals surface area contributed by atoms with Crippen LogP contribution in [0.4, 0.5) is 0 Å². The lowest BCUT2D eigenvalue weighted by molar-refractivity contribution is -0.140. The largest absolute Gasteiger partial charge is 0.358 e. The highest BCUT2D eigenvalue weighted by molar-refractivity contribution is 6.30. The summed E-state index contributed by atoms with van der Waals surface area (Å²) in [6.45, 7) is 0.300. The molecule has 1 aliphatic rings. The molecule has 1 fully saturated rings. The molecule has 2 rings (SSSR count). The van der Waals surface area contributed by atoms with Gasteiger partial charge in [0.05, 0.1) is 25.6 Å². The minimum atomic E-state index is -0.586. The zero-order chi connectivity index (χ0) is 16.3. The van der Waals surface area contributed by atoms with E-state index in [2.05, 4.69) is 5.32 Å². The number of imide groups is 1. The summed E-state index contributed by atoms with van der Waals surface area (Å²) in [7, 11) is 3.20. The lowest BCUT2D eigenvalue weighted by atomic mass is 10.2. The molecule has 0 bridgehead atoms. The molecular weight excluding hydrogens is 306 g/mol. The van der Waals surface area contributed by atoms with Crippen molar-refractivity contribution in [2.24, 2.45) is 0 Å². The normalized spacial score (nSPS) is 18.2. The quantitative estimate of drug-likeness (QED) is 0.808. The molecule has 1 aromatic rings. The van der Waals surface area contributed by atoms with Gasteiger partial charge in [0.2, 0.25) is 17.7 Å². The number of rotatable bonds is 5. The molecule has 0 saturated carbocycles. The van der Waals surface area contributed by atoms with Crippen molar-refractivity contribution >= 4 is 29.3 Å². The van der Waals surface area contributed by atoms with E-state index in [9.17, 15) is 14.4 Å². The summed E-state index contributed by atoms with van der Waals surface area (Å²) in [5.74, 6) is -0.695. The van der Waals surface area contributed by atoms with Crippen LogP contribution in [0.1, 0.15) is 12.0 Å². The van der Waals surface area contributed by atoms with Gasteiger partial charge in [-0.15, -0.1) is 0 Å². The minimum Gasteiger partial charge on any atom is -0.358 e. The Bertz CT molecular complexity index is 588. The Morgan fingerprint density at radius 2 is 2.00 bits per heavy atom. The highest BCUT2D eigenvalue weighted by Crippen LogP contribution is 2.21. The second-order valence-electron chi connectivity index (χ2n) is 5.25. The smallest absolute Gasteiger partial charge is 0.247 e. The van der Waals surface area contributed by atoms with Gasteiger partial charge < -0.3 is 5.32 Å². The van der Waals surface area contributed by atoms with E-state index in [1.165, 1.54) is 11.9 Å². The fourth-order valence-corrected chi connectivity index (χ4v) is 2.49. The van der Waals surface area contributed by atoms with Gasteiger partial charge in [-0.2, -0.15) is 0 Å². The molecule has 22 heavy (non-hydrogen) atoms. The van der Waals surface area contributed by atoms with Gasteiger partial charge in [-0.1, -0.05) is 23.7 Å². The molecule has 1 aromatic carbocycles. The average Bonchev–Trinajstić information content (AvgIpc) is 2.77. The third-order valence-electron chi connectivity index (χ3n) is 3.68. The standard InChI is InChI=1S/C15H18ClN3O3/c1-17-13(20)9-18(2)12-7-14(21)19(15(12)22)8-10-3-5-11(16)6-4-10/h3-6,12H,7-9H2,1-2H3,(H,17,20)/t12-/m0/s1. The molecule has 1 N–H and O–H groups in total. The van der Waals surface area contributed by atoms with Crippen LogP contribution in [0.5, 0.6) is 0 Å². The highest BCUT2D eigenvalue weighted by Gasteiger charge is 2.40. The van der Waals surface area contributed by atoms with Crippen LogP contribution in [0, 0.1) is 0 Å². The van der Waals surface area contributed by atoms with Crippen LogP contribution in [0.2, 0.25) is 5.02 Å². The number of carbonyl (C=O) groups is 3. The fourth-order valence-electron chi connectivity index (χ4n) is 2.36. The Morgan fingerprint density at radius 3 is 2.59 bits per heavy atom. The van der Waals surface area contributed by atoms with Crippen molar-refractivity contribution in [3.63, 3.8) is 0 Å². The second-order valence-corrected chi connectivity index (χ2v) is 5.69. The van der Waals surface area contributed by atoms with Gasteiger partial charge in [-0.25, -0.2) is 0 Å². The van der Waals surface area contributed by atoms with Crippen LogP contribution in [-0.4, -0.2) is 54.2 Å². The highest BCUT2D eigenvalue weighted by atomic mass is 35.5. The number of nitrogens with one attached hydrogen (secondary N) is 1. The lowest BCUT2D eigenvalue weighted by Gasteiger charge is -2.22. The van der Waals surface area contributed by atoms with E-state index in [1.807, 2.05) is 0 Å². The van der Waals surface area contributed by atoms with Crippen molar-refractivity contribution in [3.8, 4) is 0 Å². The summed E-state index contributed by atoms with van der Waals surface area (Å²) in [6.07, 6.45) is 0.0971. The lowest BCUT2D eigenvalue weighted by Crippen LogP contribution is -2.44. The minimum absolute atomic E-state index is 0.0783. The first kappa shape index (κ1) is 16.5. The van der Waals surface area contributed by atoms with E-state index >= 15 is 0 Å². The fraction of sp³-hybridized carbons (Fsp3) is 0.400. The summed E-state index contributed by atoms with van der Waals surface area (Å²) < 4.78 is 0. The van der Waals surface area contributed by atoms with Crippen LogP contribution >= 0.6 is 11.6 Å². The Hall–Kier alpha value is -1.92. The molecule has 3 amide bonds. The Labute approximate surface area is 134 Å². The SMILES string of the molecule is CNC(=O)CN(C)[C@H]1CC(=O)N(Cc2ccc(Cl)cc2)C1=O. The molecule has 0 spiro atoms. The Kier molecular flexibility index (Phi) is 5.15. The van der Waals surface area contributed by atoms with Crippen molar-refractivity contribution in [1.29, 1.82) is 0 Å². The van der Waals surface area contributed by atoms with Gasteiger partial charge in [0.25, 0.3) is 0 Å². The maximum Gasteiger partial charge on any atom is 0.247 e. The number of nitrogens with zero attached hydrogens (tertiary/aromatic N) is 2. The number of amides is 3. The van der Waals surface area contributed by atoms with E-state index < -0.39 is 6.04 Å². The summed E-state index contributed by atoms with van der Waals surface area (Å²) >= 11 is 5.82. The van der Waals surface area contributed by atoms with Crippen LogP contribution in [0.3, 0.4) is 0 Å². The van der Waals surface area contributed by atoms with Gasteiger partial charge in [0, 0.05) is 12.1 Å². The number of hydrogen-bond donors (Lipinski definition) is 1. The Balaban J connectivity index is 2.05. The van der Waals surface area contributed by atoms with E-state index in [0.717, 1.165) is 5.56 Å². The molecule has 1 heterocycles. The number of hydrogen-bond acceptors (Lipinski definition) is 4. The summed E-state index contributed by atoms with van der Waals surface area (Å²) in [5, 5.41) is 3.10.